The second-order valence-electron chi connectivity index (χ2n) is 5.03. The predicted molar refractivity (Wildman–Crippen MR) is 64.0 cm³/mol. The zero-order valence-electron chi connectivity index (χ0n) is 10.3. The zero-order chi connectivity index (χ0) is 11.4. The van der Waals surface area contributed by atoms with Gasteiger partial charge in [-0.2, -0.15) is 5.10 Å². The maximum Gasteiger partial charge on any atom is 0.137 e. The van der Waals surface area contributed by atoms with E-state index in [1.54, 1.807) is 12.7 Å². The molecule has 1 saturated carbocycles. The molecule has 3 atom stereocenters. The molecule has 1 heterocycles. The second-order valence-corrected chi connectivity index (χ2v) is 5.03. The third-order valence-electron chi connectivity index (χ3n) is 3.62. The summed E-state index contributed by atoms with van der Waals surface area (Å²) in [7, 11) is 0. The summed E-state index contributed by atoms with van der Waals surface area (Å²) in [5, 5.41) is 7.84. The topological polar surface area (TPSA) is 42.7 Å². The molecule has 0 spiro atoms. The highest BCUT2D eigenvalue weighted by Gasteiger charge is 2.23. The van der Waals surface area contributed by atoms with Gasteiger partial charge in [-0.15, -0.1) is 0 Å². The lowest BCUT2D eigenvalue weighted by Crippen LogP contribution is -2.38. The normalized spacial score (nSPS) is 27.1. The van der Waals surface area contributed by atoms with Crippen LogP contribution in [-0.2, 0) is 6.54 Å². The number of hydrogen-bond acceptors (Lipinski definition) is 3. The van der Waals surface area contributed by atoms with E-state index in [1.807, 2.05) is 4.68 Å². The van der Waals surface area contributed by atoms with Gasteiger partial charge in [0.2, 0.25) is 0 Å². The molecule has 0 radical (unpaired) electrons. The zero-order valence-corrected chi connectivity index (χ0v) is 10.3. The molecule has 2 rings (SSSR count). The maximum absolute atomic E-state index is 4.11. The van der Waals surface area contributed by atoms with Crippen molar-refractivity contribution in [3.63, 3.8) is 0 Å². The molecule has 1 aromatic rings. The van der Waals surface area contributed by atoms with E-state index in [2.05, 4.69) is 29.2 Å². The minimum atomic E-state index is 0.565. The van der Waals surface area contributed by atoms with Gasteiger partial charge in [-0.05, 0) is 32.1 Å². The van der Waals surface area contributed by atoms with Crippen molar-refractivity contribution in [1.82, 2.24) is 20.1 Å². The Bertz CT molecular complexity index is 296. The Kier molecular flexibility index (Phi) is 3.93. The van der Waals surface area contributed by atoms with Crippen LogP contribution in [0.1, 0.15) is 39.5 Å². The van der Waals surface area contributed by atoms with Gasteiger partial charge in [-0.25, -0.2) is 4.98 Å². The van der Waals surface area contributed by atoms with Crippen LogP contribution in [0, 0.1) is 5.92 Å². The van der Waals surface area contributed by atoms with Crippen molar-refractivity contribution in [2.75, 3.05) is 0 Å². The van der Waals surface area contributed by atoms with Gasteiger partial charge in [0.1, 0.15) is 12.7 Å². The van der Waals surface area contributed by atoms with Crippen LogP contribution in [0.15, 0.2) is 12.7 Å². The molecule has 0 bridgehead atoms. The highest BCUT2D eigenvalue weighted by atomic mass is 15.3. The first-order chi connectivity index (χ1) is 7.75. The van der Waals surface area contributed by atoms with Gasteiger partial charge in [0.05, 0.1) is 0 Å². The summed E-state index contributed by atoms with van der Waals surface area (Å²) in [5.74, 6) is 0.842. The van der Waals surface area contributed by atoms with Crippen molar-refractivity contribution < 1.29 is 0 Å². The van der Waals surface area contributed by atoms with Crippen LogP contribution in [0.4, 0.5) is 0 Å². The van der Waals surface area contributed by atoms with E-state index < -0.39 is 0 Å². The predicted octanol–water partition coefficient (Wildman–Crippen LogP) is 1.83. The molecule has 1 aromatic heterocycles. The van der Waals surface area contributed by atoms with Gasteiger partial charge >= 0.3 is 0 Å². The number of nitrogens with zero attached hydrogens (tertiary/aromatic N) is 3. The van der Waals surface area contributed by atoms with Gasteiger partial charge in [0.25, 0.3) is 0 Å². The number of aromatic nitrogens is 3. The molecule has 4 nitrogen and oxygen atoms in total. The van der Waals surface area contributed by atoms with E-state index in [4.69, 9.17) is 0 Å². The molecule has 1 aliphatic carbocycles. The lowest BCUT2D eigenvalue weighted by atomic mass is 10.1. The van der Waals surface area contributed by atoms with Crippen LogP contribution >= 0.6 is 0 Å². The fourth-order valence-electron chi connectivity index (χ4n) is 2.52. The first-order valence-electron chi connectivity index (χ1n) is 6.34. The fourth-order valence-corrected chi connectivity index (χ4v) is 2.52. The molecule has 16 heavy (non-hydrogen) atoms. The smallest absolute Gasteiger partial charge is 0.137 e. The minimum Gasteiger partial charge on any atom is -0.311 e. The van der Waals surface area contributed by atoms with Gasteiger partial charge in [-0.3, -0.25) is 4.68 Å². The van der Waals surface area contributed by atoms with E-state index >= 15 is 0 Å². The number of aryl methyl sites for hydroxylation is 1. The maximum atomic E-state index is 4.11. The second kappa shape index (κ2) is 5.43. The molecule has 3 unspecified atom stereocenters. The highest BCUT2D eigenvalue weighted by Crippen LogP contribution is 2.25. The Hall–Kier alpha value is -0.900. The third-order valence-corrected chi connectivity index (χ3v) is 3.62. The first-order valence-corrected chi connectivity index (χ1v) is 6.34. The molecule has 0 saturated heterocycles. The van der Waals surface area contributed by atoms with Crippen molar-refractivity contribution in [2.45, 2.75) is 58.2 Å². The standard InChI is InChI=1S/C12H22N4/c1-10-4-3-5-12(10)15-11(2)6-7-16-9-13-8-14-16/h8-12,15H,3-7H2,1-2H3. The van der Waals surface area contributed by atoms with Crippen LogP contribution in [0.25, 0.3) is 0 Å². The average molecular weight is 222 g/mol. The molecular formula is C12H22N4. The summed E-state index contributed by atoms with van der Waals surface area (Å²) in [6, 6.07) is 1.29. The van der Waals surface area contributed by atoms with Gasteiger partial charge < -0.3 is 5.32 Å². The Morgan fingerprint density at radius 3 is 3.00 bits per heavy atom. The molecule has 1 aliphatic rings. The summed E-state index contributed by atoms with van der Waals surface area (Å²) >= 11 is 0. The first kappa shape index (κ1) is 11.6. The van der Waals surface area contributed by atoms with Crippen molar-refractivity contribution in [3.8, 4) is 0 Å². The van der Waals surface area contributed by atoms with Crippen molar-refractivity contribution in [3.05, 3.63) is 12.7 Å². The molecule has 1 N–H and O–H groups in total. The lowest BCUT2D eigenvalue weighted by molar-refractivity contribution is 0.358. The average Bonchev–Trinajstić information content (AvgIpc) is 2.88. The largest absolute Gasteiger partial charge is 0.311 e. The van der Waals surface area contributed by atoms with E-state index in [1.165, 1.54) is 19.3 Å². The fraction of sp³-hybridized carbons (Fsp3) is 0.833. The van der Waals surface area contributed by atoms with Gasteiger partial charge in [-0.1, -0.05) is 13.3 Å². The van der Waals surface area contributed by atoms with Crippen LogP contribution in [-0.4, -0.2) is 26.8 Å². The summed E-state index contributed by atoms with van der Waals surface area (Å²) in [6.45, 7) is 5.58. The van der Waals surface area contributed by atoms with Crippen molar-refractivity contribution in [1.29, 1.82) is 0 Å². The summed E-state index contributed by atoms with van der Waals surface area (Å²) < 4.78 is 1.90. The molecule has 0 aromatic carbocycles. The van der Waals surface area contributed by atoms with Crippen LogP contribution in [0.3, 0.4) is 0 Å². The number of rotatable bonds is 5. The Morgan fingerprint density at radius 1 is 1.50 bits per heavy atom. The van der Waals surface area contributed by atoms with Gasteiger partial charge in [0.15, 0.2) is 0 Å². The monoisotopic (exact) mass is 222 g/mol. The van der Waals surface area contributed by atoms with E-state index in [0.717, 1.165) is 24.9 Å². The lowest BCUT2D eigenvalue weighted by Gasteiger charge is -2.22. The SMILES string of the molecule is CC(CCn1cncn1)NC1CCCC1C. The van der Waals surface area contributed by atoms with Crippen molar-refractivity contribution in [2.24, 2.45) is 5.92 Å². The molecule has 0 amide bonds. The molecule has 1 fully saturated rings. The highest BCUT2D eigenvalue weighted by molar-refractivity contribution is 4.82. The number of nitrogens with one attached hydrogen (secondary N) is 1. The van der Waals surface area contributed by atoms with E-state index in [-0.39, 0.29) is 0 Å². The number of hydrogen-bond donors (Lipinski definition) is 1. The third kappa shape index (κ3) is 3.04. The van der Waals surface area contributed by atoms with E-state index in [0.29, 0.717) is 6.04 Å². The van der Waals surface area contributed by atoms with Gasteiger partial charge in [0, 0.05) is 18.6 Å². The van der Waals surface area contributed by atoms with Crippen molar-refractivity contribution >= 4 is 0 Å². The molecular weight excluding hydrogens is 200 g/mol. The molecule has 90 valence electrons. The summed E-state index contributed by atoms with van der Waals surface area (Å²) in [5.41, 5.74) is 0. The van der Waals surface area contributed by atoms with Crippen LogP contribution < -0.4 is 5.32 Å². The Labute approximate surface area is 97.5 Å². The molecule has 0 aliphatic heterocycles. The van der Waals surface area contributed by atoms with Crippen LogP contribution in [0.5, 0.6) is 0 Å². The Balaban J connectivity index is 1.70. The van der Waals surface area contributed by atoms with Crippen LogP contribution in [0.2, 0.25) is 0 Å². The molecule has 4 heteroatoms. The van der Waals surface area contributed by atoms with E-state index in [9.17, 15) is 0 Å². The summed E-state index contributed by atoms with van der Waals surface area (Å²) in [4.78, 5) is 3.95. The Morgan fingerprint density at radius 2 is 2.38 bits per heavy atom. The summed E-state index contributed by atoms with van der Waals surface area (Å²) in [6.07, 6.45) is 8.60. The quantitative estimate of drug-likeness (QED) is 0.826. The minimum absolute atomic E-state index is 0.565.